The van der Waals surface area contributed by atoms with Crippen LogP contribution in [0, 0.1) is 5.92 Å². The van der Waals surface area contributed by atoms with E-state index in [4.69, 9.17) is 9.47 Å². The standard InChI is InChI=1S/C17H28BrNO2/c1-6-13(7-2)11-21-17-15(18)8-14(9-16(17)20-5)10-19-12(3)4/h8-9,12-13,19H,6-7,10-11H2,1-5H3. The summed E-state index contributed by atoms with van der Waals surface area (Å²) in [5, 5.41) is 3.41. The Morgan fingerprint density at radius 3 is 2.38 bits per heavy atom. The normalized spacial score (nSPS) is 11.2. The van der Waals surface area contributed by atoms with Gasteiger partial charge in [-0.15, -0.1) is 0 Å². The zero-order valence-corrected chi connectivity index (χ0v) is 15.4. The lowest BCUT2D eigenvalue weighted by Crippen LogP contribution is -2.21. The number of nitrogens with one attached hydrogen (secondary N) is 1. The molecular formula is C17H28BrNO2. The van der Waals surface area contributed by atoms with Crippen molar-refractivity contribution >= 4 is 15.9 Å². The molecule has 0 aliphatic rings. The summed E-state index contributed by atoms with van der Waals surface area (Å²) in [6.45, 7) is 10.2. The van der Waals surface area contributed by atoms with Gasteiger partial charge in [-0.1, -0.05) is 40.5 Å². The Morgan fingerprint density at radius 1 is 1.19 bits per heavy atom. The van der Waals surface area contributed by atoms with Crippen LogP contribution in [0.3, 0.4) is 0 Å². The minimum atomic E-state index is 0.459. The molecule has 0 atom stereocenters. The molecule has 1 rings (SSSR count). The second kappa shape index (κ2) is 9.31. The van der Waals surface area contributed by atoms with Gasteiger partial charge in [0.15, 0.2) is 11.5 Å². The molecule has 120 valence electrons. The van der Waals surface area contributed by atoms with Gasteiger partial charge in [0, 0.05) is 12.6 Å². The summed E-state index contributed by atoms with van der Waals surface area (Å²) in [5.74, 6) is 2.18. The van der Waals surface area contributed by atoms with Crippen LogP contribution in [0.1, 0.15) is 46.1 Å². The molecule has 1 aromatic carbocycles. The molecule has 0 heterocycles. The highest BCUT2D eigenvalue weighted by Crippen LogP contribution is 2.37. The Balaban J connectivity index is 2.84. The van der Waals surface area contributed by atoms with Crippen LogP contribution >= 0.6 is 15.9 Å². The van der Waals surface area contributed by atoms with Gasteiger partial charge in [-0.25, -0.2) is 0 Å². The van der Waals surface area contributed by atoms with Crippen molar-refractivity contribution < 1.29 is 9.47 Å². The van der Waals surface area contributed by atoms with Crippen LogP contribution in [0.5, 0.6) is 11.5 Å². The Morgan fingerprint density at radius 2 is 1.86 bits per heavy atom. The van der Waals surface area contributed by atoms with Gasteiger partial charge in [-0.3, -0.25) is 0 Å². The fourth-order valence-corrected chi connectivity index (χ4v) is 2.67. The van der Waals surface area contributed by atoms with Gasteiger partial charge in [-0.05, 0) is 39.5 Å². The molecule has 3 nitrogen and oxygen atoms in total. The first-order valence-corrected chi connectivity index (χ1v) is 8.53. The third-order valence-corrected chi connectivity index (χ3v) is 4.21. The Kier molecular flexibility index (Phi) is 8.12. The van der Waals surface area contributed by atoms with Gasteiger partial charge in [0.25, 0.3) is 0 Å². The van der Waals surface area contributed by atoms with Crippen molar-refractivity contribution in [2.24, 2.45) is 5.92 Å². The highest BCUT2D eigenvalue weighted by atomic mass is 79.9. The summed E-state index contributed by atoms with van der Waals surface area (Å²) in [4.78, 5) is 0. The third kappa shape index (κ3) is 5.87. The van der Waals surface area contributed by atoms with Gasteiger partial charge in [0.05, 0.1) is 18.2 Å². The maximum Gasteiger partial charge on any atom is 0.175 e. The second-order valence-corrected chi connectivity index (χ2v) is 6.49. The van der Waals surface area contributed by atoms with Crippen LogP contribution in [-0.4, -0.2) is 19.8 Å². The van der Waals surface area contributed by atoms with E-state index in [1.807, 2.05) is 6.07 Å². The van der Waals surface area contributed by atoms with Gasteiger partial charge in [0.1, 0.15) is 0 Å². The number of hydrogen-bond donors (Lipinski definition) is 1. The van der Waals surface area contributed by atoms with Crippen LogP contribution in [0.25, 0.3) is 0 Å². The Hall–Kier alpha value is -0.740. The summed E-state index contributed by atoms with van der Waals surface area (Å²) in [5.41, 5.74) is 1.18. The van der Waals surface area contributed by atoms with E-state index in [2.05, 4.69) is 55.0 Å². The van der Waals surface area contributed by atoms with E-state index in [1.165, 1.54) is 5.56 Å². The molecule has 0 fully saturated rings. The number of hydrogen-bond acceptors (Lipinski definition) is 3. The van der Waals surface area contributed by atoms with Crippen LogP contribution in [0.2, 0.25) is 0 Å². The van der Waals surface area contributed by atoms with Crippen molar-refractivity contribution in [3.8, 4) is 11.5 Å². The molecular weight excluding hydrogens is 330 g/mol. The number of methoxy groups -OCH3 is 1. The molecule has 0 unspecified atom stereocenters. The molecule has 21 heavy (non-hydrogen) atoms. The Bertz CT molecular complexity index is 431. The zero-order chi connectivity index (χ0) is 15.8. The molecule has 0 aliphatic carbocycles. The van der Waals surface area contributed by atoms with E-state index in [9.17, 15) is 0 Å². The number of benzene rings is 1. The van der Waals surface area contributed by atoms with Gasteiger partial charge in [-0.2, -0.15) is 0 Å². The molecule has 0 bridgehead atoms. The highest BCUT2D eigenvalue weighted by Gasteiger charge is 2.14. The molecule has 0 radical (unpaired) electrons. The van der Waals surface area contributed by atoms with E-state index in [0.29, 0.717) is 12.0 Å². The molecule has 0 aliphatic heterocycles. The van der Waals surface area contributed by atoms with Crippen molar-refractivity contribution in [2.45, 2.75) is 53.1 Å². The molecule has 1 aromatic rings. The lowest BCUT2D eigenvalue weighted by Gasteiger charge is -2.18. The van der Waals surface area contributed by atoms with Gasteiger partial charge >= 0.3 is 0 Å². The predicted octanol–water partition coefficient (Wildman–Crippen LogP) is 4.77. The summed E-state index contributed by atoms with van der Waals surface area (Å²) < 4.78 is 12.4. The quantitative estimate of drug-likeness (QED) is 0.690. The second-order valence-electron chi connectivity index (χ2n) is 5.64. The maximum atomic E-state index is 5.99. The zero-order valence-electron chi connectivity index (χ0n) is 13.8. The fourth-order valence-electron chi connectivity index (χ4n) is 2.06. The van der Waals surface area contributed by atoms with Crippen LogP contribution in [-0.2, 0) is 6.54 Å². The third-order valence-electron chi connectivity index (χ3n) is 3.62. The first-order chi connectivity index (χ1) is 10.0. The Labute approximate surface area is 137 Å². The van der Waals surface area contributed by atoms with Crippen molar-refractivity contribution in [2.75, 3.05) is 13.7 Å². The largest absolute Gasteiger partial charge is 0.493 e. The fraction of sp³-hybridized carbons (Fsp3) is 0.647. The van der Waals surface area contributed by atoms with E-state index in [0.717, 1.165) is 42.0 Å². The smallest absolute Gasteiger partial charge is 0.175 e. The summed E-state index contributed by atoms with van der Waals surface area (Å²) in [6.07, 6.45) is 2.26. The number of halogens is 1. The molecule has 0 saturated heterocycles. The van der Waals surface area contributed by atoms with E-state index in [1.54, 1.807) is 7.11 Å². The topological polar surface area (TPSA) is 30.5 Å². The van der Waals surface area contributed by atoms with Crippen molar-refractivity contribution in [3.63, 3.8) is 0 Å². The summed E-state index contributed by atoms with van der Waals surface area (Å²) >= 11 is 3.61. The average Bonchev–Trinajstić information content (AvgIpc) is 2.47. The van der Waals surface area contributed by atoms with E-state index < -0.39 is 0 Å². The van der Waals surface area contributed by atoms with E-state index >= 15 is 0 Å². The monoisotopic (exact) mass is 357 g/mol. The van der Waals surface area contributed by atoms with Crippen LogP contribution in [0.15, 0.2) is 16.6 Å². The lowest BCUT2D eigenvalue weighted by atomic mass is 10.1. The number of ether oxygens (including phenoxy) is 2. The molecule has 0 amide bonds. The number of rotatable bonds is 9. The molecule has 1 N–H and O–H groups in total. The van der Waals surface area contributed by atoms with Crippen molar-refractivity contribution in [1.82, 2.24) is 5.32 Å². The predicted molar refractivity (Wildman–Crippen MR) is 92.2 cm³/mol. The van der Waals surface area contributed by atoms with E-state index in [-0.39, 0.29) is 0 Å². The molecule has 0 aromatic heterocycles. The summed E-state index contributed by atoms with van der Waals surface area (Å²) in [6, 6.07) is 4.60. The molecule has 4 heteroatoms. The lowest BCUT2D eigenvalue weighted by molar-refractivity contribution is 0.229. The highest BCUT2D eigenvalue weighted by molar-refractivity contribution is 9.10. The minimum Gasteiger partial charge on any atom is -0.493 e. The summed E-state index contributed by atoms with van der Waals surface area (Å²) in [7, 11) is 1.69. The SMILES string of the molecule is CCC(CC)COc1c(Br)cc(CNC(C)C)cc1OC. The van der Waals surface area contributed by atoms with Crippen LogP contribution in [0.4, 0.5) is 0 Å². The maximum absolute atomic E-state index is 5.99. The van der Waals surface area contributed by atoms with Crippen LogP contribution < -0.4 is 14.8 Å². The first-order valence-electron chi connectivity index (χ1n) is 7.74. The van der Waals surface area contributed by atoms with Crippen molar-refractivity contribution in [3.05, 3.63) is 22.2 Å². The molecule has 0 saturated carbocycles. The molecule has 0 spiro atoms. The minimum absolute atomic E-state index is 0.459. The first kappa shape index (κ1) is 18.3. The average molecular weight is 358 g/mol. The van der Waals surface area contributed by atoms with Crippen molar-refractivity contribution in [1.29, 1.82) is 0 Å². The van der Waals surface area contributed by atoms with Gasteiger partial charge < -0.3 is 14.8 Å². The van der Waals surface area contributed by atoms with Gasteiger partial charge in [0.2, 0.25) is 0 Å².